The minimum atomic E-state index is 0. The Hall–Kier alpha value is -1.70. The Morgan fingerprint density at radius 1 is 0.545 bits per heavy atom. The van der Waals surface area contributed by atoms with Crippen LogP contribution >= 0.6 is 24.4 Å². The molecule has 4 aromatic rings. The second-order valence-corrected chi connectivity index (χ2v) is 8.61. The van der Waals surface area contributed by atoms with Crippen LogP contribution < -0.4 is 0 Å². The quantitative estimate of drug-likeness (QED) is 0.136. The maximum atomic E-state index is 4.82. The largest absolute Gasteiger partial charge is 2.00 e. The molecule has 0 saturated heterocycles. The van der Waals surface area contributed by atoms with Crippen LogP contribution in [-0.2, 0) is 25.3 Å². The molecule has 0 aliphatic carbocycles. The molecule has 0 spiro atoms. The predicted octanol–water partition coefficient (Wildman–Crippen LogP) is 7.03. The van der Waals surface area contributed by atoms with E-state index < -0.39 is 0 Å². The molecule has 164 valence electrons. The monoisotopic (exact) mass is 608 g/mol. The molecule has 4 rings (SSSR count). The van der Waals surface area contributed by atoms with Crippen LogP contribution in [-0.4, -0.2) is 32.3 Å². The van der Waals surface area contributed by atoms with Crippen molar-refractivity contribution in [3.05, 3.63) is 144 Å². The number of rotatable bonds is 2. The van der Waals surface area contributed by atoms with Gasteiger partial charge in [0, 0.05) is 0 Å². The zero-order chi connectivity index (χ0) is 23.6. The second kappa shape index (κ2) is 19.7. The van der Waals surface area contributed by atoms with Crippen molar-refractivity contribution in [3.63, 3.8) is 0 Å². The van der Waals surface area contributed by atoms with E-state index in [0.717, 1.165) is 11.1 Å². The molecule has 0 amide bonds. The summed E-state index contributed by atoms with van der Waals surface area (Å²) in [6.45, 7) is 4.08. The zero-order valence-corrected chi connectivity index (χ0v) is 24.6. The van der Waals surface area contributed by atoms with Gasteiger partial charge in [-0.25, -0.2) is 0 Å². The SMILES string of the molecule is Cc1ccc(C(=S)[S-])cc1.Cc1ccc(C(=S)[S-])cc1.[Sn+2].[c]1ccccc1.[c]1ccccc1. The summed E-state index contributed by atoms with van der Waals surface area (Å²) in [5.74, 6) is 0. The van der Waals surface area contributed by atoms with E-state index in [1.165, 1.54) is 11.1 Å². The topological polar surface area (TPSA) is 0 Å². The fourth-order valence-corrected chi connectivity index (χ4v) is 2.61. The Morgan fingerprint density at radius 3 is 0.970 bits per heavy atom. The average Bonchev–Trinajstić information content (AvgIpc) is 2.83. The molecule has 0 atom stereocenters. The maximum Gasteiger partial charge on any atom is 2.00 e. The number of thiocarbonyl (C=S) groups is 2. The average molecular weight is 607 g/mol. The Balaban J connectivity index is 0.000000420. The summed E-state index contributed by atoms with van der Waals surface area (Å²) in [4.78, 5) is 0. The Kier molecular flexibility index (Phi) is 18.7. The van der Waals surface area contributed by atoms with Crippen molar-refractivity contribution >= 4 is 82.0 Å². The van der Waals surface area contributed by atoms with Crippen molar-refractivity contribution in [1.82, 2.24) is 0 Å². The van der Waals surface area contributed by atoms with Gasteiger partial charge in [0.25, 0.3) is 0 Å². The van der Waals surface area contributed by atoms with Gasteiger partial charge in [-0.1, -0.05) is 120 Å². The molecule has 0 aliphatic heterocycles. The van der Waals surface area contributed by atoms with E-state index in [0.29, 0.717) is 8.39 Å². The molecular weight excluding hydrogens is 583 g/mol. The van der Waals surface area contributed by atoms with Crippen molar-refractivity contribution in [3.8, 4) is 0 Å². The molecule has 0 nitrogen and oxygen atoms in total. The zero-order valence-electron chi connectivity index (χ0n) is 18.5. The minimum absolute atomic E-state index is 0. The van der Waals surface area contributed by atoms with Crippen molar-refractivity contribution in [1.29, 1.82) is 0 Å². The van der Waals surface area contributed by atoms with Crippen LogP contribution in [0.3, 0.4) is 0 Å². The Labute approximate surface area is 237 Å². The van der Waals surface area contributed by atoms with Crippen LogP contribution in [0.25, 0.3) is 0 Å². The summed E-state index contributed by atoms with van der Waals surface area (Å²) in [7, 11) is 0. The molecule has 5 heteroatoms. The first-order valence-corrected chi connectivity index (χ1v) is 11.4. The number of hydrogen-bond donors (Lipinski definition) is 0. The van der Waals surface area contributed by atoms with Gasteiger partial charge < -0.3 is 49.7 Å². The molecule has 0 fully saturated rings. The fraction of sp³-hybridized carbons (Fsp3) is 0.0714. The Morgan fingerprint density at radius 2 is 0.818 bits per heavy atom. The molecule has 0 heterocycles. The van der Waals surface area contributed by atoms with Crippen LogP contribution in [0, 0.1) is 26.0 Å². The maximum absolute atomic E-state index is 4.82. The van der Waals surface area contributed by atoms with Crippen molar-refractivity contribution in [2.24, 2.45) is 0 Å². The molecule has 0 saturated carbocycles. The van der Waals surface area contributed by atoms with Gasteiger partial charge in [0.2, 0.25) is 0 Å². The fourth-order valence-electron chi connectivity index (χ4n) is 2.06. The third kappa shape index (κ3) is 16.5. The van der Waals surface area contributed by atoms with Crippen molar-refractivity contribution < 1.29 is 0 Å². The molecule has 0 bridgehead atoms. The van der Waals surface area contributed by atoms with Gasteiger partial charge in [0.1, 0.15) is 0 Å². The van der Waals surface area contributed by atoms with Gasteiger partial charge in [0.15, 0.2) is 0 Å². The van der Waals surface area contributed by atoms with E-state index >= 15 is 0 Å². The van der Waals surface area contributed by atoms with Crippen molar-refractivity contribution in [2.75, 3.05) is 0 Å². The first-order chi connectivity index (χ1) is 15.4. The summed E-state index contributed by atoms with van der Waals surface area (Å²) >= 11 is 19.3. The van der Waals surface area contributed by atoms with E-state index in [-0.39, 0.29) is 23.9 Å². The standard InChI is InChI=1S/2C8H8S2.2C6H5.Sn/c2*1-6-2-4-7(5-3-6)8(9)10;2*1-2-4-6-5-3-1;/h2*2-5H,1H3,(H,9,10);2*1-5H;/q;;;;+2/p-2. The van der Waals surface area contributed by atoms with Crippen molar-refractivity contribution in [2.45, 2.75) is 13.8 Å². The molecule has 0 aliphatic rings. The predicted molar refractivity (Wildman–Crippen MR) is 157 cm³/mol. The molecule has 0 aromatic heterocycles. The van der Waals surface area contributed by atoms with Gasteiger partial charge in [0.05, 0.1) is 0 Å². The van der Waals surface area contributed by atoms with E-state index in [1.54, 1.807) is 0 Å². The molecule has 4 aromatic carbocycles. The third-order valence-electron chi connectivity index (χ3n) is 3.79. The first-order valence-electron chi connectivity index (χ1n) is 9.78. The summed E-state index contributed by atoms with van der Waals surface area (Å²) in [5.41, 5.74) is 4.40. The van der Waals surface area contributed by atoms with Gasteiger partial charge in [-0.2, -0.15) is 0 Å². The van der Waals surface area contributed by atoms with Gasteiger partial charge >= 0.3 is 23.9 Å². The van der Waals surface area contributed by atoms with E-state index in [1.807, 2.05) is 123 Å². The molecule has 0 unspecified atom stereocenters. The third-order valence-corrected chi connectivity index (χ3v) is 4.73. The van der Waals surface area contributed by atoms with Gasteiger partial charge in [-0.05, 0) is 37.1 Å². The van der Waals surface area contributed by atoms with Crippen LogP contribution in [0.1, 0.15) is 22.3 Å². The number of benzene rings is 4. The molecular formula is C28H24S4Sn. The summed E-state index contributed by atoms with van der Waals surface area (Å²) in [5, 5.41) is 0. The first kappa shape index (κ1) is 31.3. The van der Waals surface area contributed by atoms with Crippen LogP contribution in [0.15, 0.2) is 109 Å². The summed E-state index contributed by atoms with van der Waals surface area (Å²) in [6.07, 6.45) is 0. The minimum Gasteiger partial charge on any atom is -0.428 e. The summed E-state index contributed by atoms with van der Waals surface area (Å²) < 4.78 is 1.08. The molecule has 33 heavy (non-hydrogen) atoms. The van der Waals surface area contributed by atoms with Crippen LogP contribution in [0.4, 0.5) is 0 Å². The van der Waals surface area contributed by atoms with Crippen LogP contribution in [0.2, 0.25) is 0 Å². The second-order valence-electron chi connectivity index (χ2n) is 6.46. The number of hydrogen-bond acceptors (Lipinski definition) is 4. The van der Waals surface area contributed by atoms with Gasteiger partial charge in [-0.3, -0.25) is 0 Å². The van der Waals surface area contributed by atoms with E-state index in [4.69, 9.17) is 49.7 Å². The van der Waals surface area contributed by atoms with Gasteiger partial charge in [-0.15, -0.1) is 8.39 Å². The smallest absolute Gasteiger partial charge is 0.428 e. The van der Waals surface area contributed by atoms with E-state index in [2.05, 4.69) is 12.1 Å². The summed E-state index contributed by atoms with van der Waals surface area (Å²) in [6, 6.07) is 40.8. The van der Waals surface area contributed by atoms with Crippen LogP contribution in [0.5, 0.6) is 0 Å². The molecule has 4 radical (unpaired) electrons. The normalized spacial score (nSPS) is 8.55. The Bertz CT molecular complexity index is 877. The number of aryl methyl sites for hydroxylation is 2. The molecule has 0 N–H and O–H groups in total. The van der Waals surface area contributed by atoms with E-state index in [9.17, 15) is 0 Å².